The van der Waals surface area contributed by atoms with Gasteiger partial charge in [-0.15, -0.1) is 0 Å². The summed E-state index contributed by atoms with van der Waals surface area (Å²) in [5.41, 5.74) is -2.77. The van der Waals surface area contributed by atoms with E-state index in [4.69, 9.17) is 32.5 Å². The van der Waals surface area contributed by atoms with Crippen LogP contribution in [0.5, 0.6) is 0 Å². The molecule has 164 valence electrons. The van der Waals surface area contributed by atoms with Crippen LogP contribution in [-0.4, -0.2) is 6.21 Å². The third-order valence-corrected chi connectivity index (χ3v) is 4.73. The molecular formula is C20H11Cl2F6NO2. The summed E-state index contributed by atoms with van der Waals surface area (Å²) in [5.74, 6) is -0.154. The summed E-state index contributed by atoms with van der Waals surface area (Å²) in [4.78, 5) is 5.07. The van der Waals surface area contributed by atoms with Gasteiger partial charge in [-0.2, -0.15) is 26.3 Å². The van der Waals surface area contributed by atoms with Crippen LogP contribution >= 0.6 is 23.2 Å². The molecule has 0 fully saturated rings. The standard InChI is InChI=1S/C20H11Cl2F6NO2/c21-16-2-1-3-17(22)15(16)10-30-29-9-14-4-5-18(31-14)11-6-12(19(23,24)25)8-13(7-11)20(26,27)28/h1-9H,10H2. The summed E-state index contributed by atoms with van der Waals surface area (Å²) in [6.45, 7) is -0.0643. The van der Waals surface area contributed by atoms with Crippen LogP contribution in [0.2, 0.25) is 10.0 Å². The highest BCUT2D eigenvalue weighted by Crippen LogP contribution is 2.38. The molecule has 0 amide bonds. The molecule has 11 heteroatoms. The molecule has 0 saturated heterocycles. The minimum Gasteiger partial charge on any atom is -0.455 e. The molecule has 3 rings (SSSR count). The molecule has 0 saturated carbocycles. The Morgan fingerprint density at radius 3 is 2.00 bits per heavy atom. The molecule has 1 heterocycles. The summed E-state index contributed by atoms with van der Waals surface area (Å²) in [6, 6.07) is 8.61. The van der Waals surface area contributed by atoms with Crippen LogP contribution < -0.4 is 0 Å². The lowest BCUT2D eigenvalue weighted by atomic mass is 10.0. The molecule has 0 aliphatic carbocycles. The van der Waals surface area contributed by atoms with Crippen molar-refractivity contribution < 1.29 is 35.6 Å². The second-order valence-corrected chi connectivity index (χ2v) is 7.02. The van der Waals surface area contributed by atoms with E-state index in [1.807, 2.05) is 0 Å². The Labute approximate surface area is 181 Å². The highest BCUT2D eigenvalue weighted by atomic mass is 35.5. The van der Waals surface area contributed by atoms with E-state index >= 15 is 0 Å². The molecule has 0 radical (unpaired) electrons. The molecule has 0 aliphatic rings. The Bertz CT molecular complexity index is 1050. The number of halogens is 8. The second-order valence-electron chi connectivity index (χ2n) is 6.20. The maximum atomic E-state index is 13.0. The number of oxime groups is 1. The van der Waals surface area contributed by atoms with E-state index in [9.17, 15) is 26.3 Å². The average Bonchev–Trinajstić information content (AvgIpc) is 3.14. The van der Waals surface area contributed by atoms with Crippen LogP contribution in [0.4, 0.5) is 26.3 Å². The zero-order chi connectivity index (χ0) is 22.8. The number of alkyl halides is 6. The highest BCUT2D eigenvalue weighted by Gasteiger charge is 2.37. The van der Waals surface area contributed by atoms with Crippen molar-refractivity contribution in [3.63, 3.8) is 0 Å². The molecule has 0 bridgehead atoms. The van der Waals surface area contributed by atoms with Gasteiger partial charge in [-0.25, -0.2) is 0 Å². The fourth-order valence-corrected chi connectivity index (χ4v) is 3.04. The molecule has 0 aliphatic heterocycles. The summed E-state index contributed by atoms with van der Waals surface area (Å²) in [6.07, 6.45) is -8.81. The zero-order valence-electron chi connectivity index (χ0n) is 15.2. The van der Waals surface area contributed by atoms with Crippen LogP contribution in [0.25, 0.3) is 11.3 Å². The molecular weight excluding hydrogens is 471 g/mol. The molecule has 3 aromatic rings. The summed E-state index contributed by atoms with van der Waals surface area (Å²) in [5, 5.41) is 4.38. The SMILES string of the molecule is FC(F)(F)c1cc(-c2ccc(C=NOCc3c(Cl)cccc3Cl)o2)cc(C(F)(F)F)c1. The first-order valence-corrected chi connectivity index (χ1v) is 9.18. The zero-order valence-corrected chi connectivity index (χ0v) is 16.7. The van der Waals surface area contributed by atoms with E-state index in [-0.39, 0.29) is 29.8 Å². The Morgan fingerprint density at radius 1 is 0.871 bits per heavy atom. The summed E-state index contributed by atoms with van der Waals surface area (Å²) < 4.78 is 83.3. The van der Waals surface area contributed by atoms with Gasteiger partial charge in [-0.05, 0) is 42.5 Å². The third-order valence-electron chi connectivity index (χ3n) is 4.02. The number of nitrogens with zero attached hydrogens (tertiary/aromatic N) is 1. The van der Waals surface area contributed by atoms with E-state index in [0.29, 0.717) is 27.7 Å². The van der Waals surface area contributed by atoms with Crippen LogP contribution in [-0.2, 0) is 23.8 Å². The lowest BCUT2D eigenvalue weighted by Crippen LogP contribution is -2.11. The summed E-state index contributed by atoms with van der Waals surface area (Å²) >= 11 is 12.0. The van der Waals surface area contributed by atoms with Crippen molar-refractivity contribution in [3.8, 4) is 11.3 Å². The minimum absolute atomic E-state index is 0.0441. The second kappa shape index (κ2) is 8.84. The topological polar surface area (TPSA) is 34.7 Å². The first-order chi connectivity index (χ1) is 14.4. The van der Waals surface area contributed by atoms with Crippen LogP contribution in [0.15, 0.2) is 58.1 Å². The minimum atomic E-state index is -4.96. The highest BCUT2D eigenvalue weighted by molar-refractivity contribution is 6.35. The van der Waals surface area contributed by atoms with Gasteiger partial charge in [0.1, 0.15) is 24.3 Å². The first kappa shape index (κ1) is 23.0. The van der Waals surface area contributed by atoms with Gasteiger partial charge in [0.15, 0.2) is 0 Å². The molecule has 0 spiro atoms. The summed E-state index contributed by atoms with van der Waals surface area (Å²) in [7, 11) is 0. The molecule has 0 atom stereocenters. The van der Waals surface area contributed by atoms with Crippen LogP contribution in [0.3, 0.4) is 0 Å². The predicted molar refractivity (Wildman–Crippen MR) is 103 cm³/mol. The molecule has 1 aromatic heterocycles. The molecule has 31 heavy (non-hydrogen) atoms. The van der Waals surface area contributed by atoms with E-state index in [0.717, 1.165) is 6.21 Å². The van der Waals surface area contributed by atoms with Crippen molar-refractivity contribution >= 4 is 29.4 Å². The average molecular weight is 482 g/mol. The van der Waals surface area contributed by atoms with Gasteiger partial charge in [0, 0.05) is 21.2 Å². The fraction of sp³-hybridized carbons (Fsp3) is 0.150. The number of rotatable bonds is 5. The van der Waals surface area contributed by atoms with Gasteiger partial charge in [0.25, 0.3) is 0 Å². The van der Waals surface area contributed by atoms with Crippen molar-refractivity contribution in [3.05, 3.63) is 81.0 Å². The van der Waals surface area contributed by atoms with E-state index < -0.39 is 23.5 Å². The smallest absolute Gasteiger partial charge is 0.416 e. The van der Waals surface area contributed by atoms with Crippen molar-refractivity contribution in [1.82, 2.24) is 0 Å². The first-order valence-electron chi connectivity index (χ1n) is 8.43. The van der Waals surface area contributed by atoms with E-state index in [1.54, 1.807) is 18.2 Å². The normalized spacial score (nSPS) is 12.5. The monoisotopic (exact) mass is 481 g/mol. The van der Waals surface area contributed by atoms with Crippen molar-refractivity contribution in [2.24, 2.45) is 5.16 Å². The van der Waals surface area contributed by atoms with Gasteiger partial charge < -0.3 is 9.25 Å². The van der Waals surface area contributed by atoms with Gasteiger partial charge >= 0.3 is 12.4 Å². The number of benzene rings is 2. The van der Waals surface area contributed by atoms with Crippen LogP contribution in [0.1, 0.15) is 22.5 Å². The Hall–Kier alpha value is -2.65. The molecule has 0 N–H and O–H groups in total. The third kappa shape index (κ3) is 5.74. The van der Waals surface area contributed by atoms with Gasteiger partial charge in [-0.3, -0.25) is 0 Å². The van der Waals surface area contributed by atoms with Gasteiger partial charge in [0.2, 0.25) is 0 Å². The quantitative estimate of drug-likeness (QED) is 0.211. The molecule has 0 unspecified atom stereocenters. The fourth-order valence-electron chi connectivity index (χ4n) is 2.54. The molecule has 2 aromatic carbocycles. The Morgan fingerprint density at radius 2 is 1.45 bits per heavy atom. The maximum Gasteiger partial charge on any atom is 0.416 e. The van der Waals surface area contributed by atoms with Crippen molar-refractivity contribution in [2.45, 2.75) is 19.0 Å². The van der Waals surface area contributed by atoms with Crippen LogP contribution in [0, 0.1) is 0 Å². The Kier molecular flexibility index (Phi) is 6.56. The number of hydrogen-bond acceptors (Lipinski definition) is 3. The lowest BCUT2D eigenvalue weighted by molar-refractivity contribution is -0.143. The van der Waals surface area contributed by atoms with E-state index in [2.05, 4.69) is 5.16 Å². The lowest BCUT2D eigenvalue weighted by Gasteiger charge is -2.13. The number of hydrogen-bond donors (Lipinski definition) is 0. The van der Waals surface area contributed by atoms with Crippen molar-refractivity contribution in [2.75, 3.05) is 0 Å². The Balaban J connectivity index is 1.79. The van der Waals surface area contributed by atoms with Gasteiger partial charge in [-0.1, -0.05) is 34.4 Å². The molecule has 3 nitrogen and oxygen atoms in total. The van der Waals surface area contributed by atoms with Crippen molar-refractivity contribution in [1.29, 1.82) is 0 Å². The number of furan rings is 1. The predicted octanol–water partition coefficient (Wildman–Crippen LogP) is 7.84. The largest absolute Gasteiger partial charge is 0.455 e. The van der Waals surface area contributed by atoms with E-state index in [1.165, 1.54) is 12.1 Å². The maximum absolute atomic E-state index is 13.0. The van der Waals surface area contributed by atoms with Gasteiger partial charge in [0.05, 0.1) is 11.1 Å².